The maximum atomic E-state index is 3.50. The fourth-order valence-corrected chi connectivity index (χ4v) is 3.58. The first-order valence-corrected chi connectivity index (χ1v) is 8.36. The summed E-state index contributed by atoms with van der Waals surface area (Å²) in [6.45, 7) is 8.12. The molecule has 1 N–H and O–H groups in total. The summed E-state index contributed by atoms with van der Waals surface area (Å²) in [7, 11) is 4.38. The highest BCUT2D eigenvalue weighted by Gasteiger charge is 2.29. The van der Waals surface area contributed by atoms with Crippen molar-refractivity contribution in [1.82, 2.24) is 10.2 Å². The van der Waals surface area contributed by atoms with Gasteiger partial charge >= 0.3 is 0 Å². The van der Waals surface area contributed by atoms with Crippen LogP contribution in [0.25, 0.3) is 0 Å². The van der Waals surface area contributed by atoms with E-state index in [0.717, 1.165) is 12.6 Å². The molecule has 118 valence electrons. The molecule has 2 rings (SSSR count). The molecule has 0 radical (unpaired) electrons. The maximum absolute atomic E-state index is 3.50. The minimum Gasteiger partial charge on any atom is -0.312 e. The minimum absolute atomic E-state index is 0.422. The first-order chi connectivity index (χ1) is 9.93. The molecule has 0 bridgehead atoms. The van der Waals surface area contributed by atoms with Crippen LogP contribution in [0.4, 0.5) is 0 Å². The monoisotopic (exact) mass is 288 g/mol. The van der Waals surface area contributed by atoms with E-state index in [1.807, 2.05) is 0 Å². The number of benzene rings is 1. The second-order valence-corrected chi connectivity index (χ2v) is 7.53. The van der Waals surface area contributed by atoms with Gasteiger partial charge in [-0.15, -0.1) is 0 Å². The standard InChI is InChI=1S/C19H32N2/c1-15-8-6-7-9-17(15)18(20-4)14-21(5)16-10-12-19(2,3)13-11-16/h6-9,16,18,20H,10-14H2,1-5H3. The molecule has 0 saturated heterocycles. The van der Waals surface area contributed by atoms with Gasteiger partial charge in [-0.05, 0) is 63.2 Å². The Morgan fingerprint density at radius 3 is 2.43 bits per heavy atom. The maximum Gasteiger partial charge on any atom is 0.0449 e. The van der Waals surface area contributed by atoms with Gasteiger partial charge in [0.15, 0.2) is 0 Å². The van der Waals surface area contributed by atoms with Crippen LogP contribution in [0.3, 0.4) is 0 Å². The molecule has 1 aromatic carbocycles. The highest BCUT2D eigenvalue weighted by atomic mass is 15.2. The minimum atomic E-state index is 0.422. The van der Waals surface area contributed by atoms with Crippen molar-refractivity contribution in [2.24, 2.45) is 5.41 Å². The van der Waals surface area contributed by atoms with E-state index in [9.17, 15) is 0 Å². The zero-order chi connectivity index (χ0) is 15.5. The molecule has 0 amide bonds. The van der Waals surface area contributed by atoms with Crippen molar-refractivity contribution in [2.75, 3.05) is 20.6 Å². The van der Waals surface area contributed by atoms with E-state index in [1.165, 1.54) is 36.8 Å². The number of nitrogens with zero attached hydrogens (tertiary/aromatic N) is 1. The molecule has 0 aromatic heterocycles. The SMILES string of the molecule is CNC(CN(C)C1CCC(C)(C)CC1)c1ccccc1C. The van der Waals surface area contributed by atoms with E-state index in [1.54, 1.807) is 0 Å². The summed E-state index contributed by atoms with van der Waals surface area (Å²) in [4.78, 5) is 2.57. The second-order valence-electron chi connectivity index (χ2n) is 7.53. The summed E-state index contributed by atoms with van der Waals surface area (Å²) in [6, 6.07) is 9.91. The Morgan fingerprint density at radius 1 is 1.24 bits per heavy atom. The van der Waals surface area contributed by atoms with Gasteiger partial charge in [-0.2, -0.15) is 0 Å². The van der Waals surface area contributed by atoms with Crippen molar-refractivity contribution < 1.29 is 0 Å². The molecule has 1 saturated carbocycles. The first-order valence-electron chi connectivity index (χ1n) is 8.36. The Morgan fingerprint density at radius 2 is 1.86 bits per heavy atom. The number of hydrogen-bond acceptors (Lipinski definition) is 2. The topological polar surface area (TPSA) is 15.3 Å². The Bertz CT molecular complexity index is 443. The number of rotatable bonds is 5. The van der Waals surface area contributed by atoms with Crippen molar-refractivity contribution >= 4 is 0 Å². The van der Waals surface area contributed by atoms with E-state index in [4.69, 9.17) is 0 Å². The van der Waals surface area contributed by atoms with Crippen LogP contribution in [0.1, 0.15) is 56.7 Å². The summed E-state index contributed by atoms with van der Waals surface area (Å²) in [6.07, 6.45) is 5.40. The van der Waals surface area contributed by atoms with Gasteiger partial charge in [0.2, 0.25) is 0 Å². The Labute approximate surface area is 130 Å². The summed E-state index contributed by atoms with van der Waals surface area (Å²) in [5.74, 6) is 0. The Kier molecular flexibility index (Phi) is 5.45. The van der Waals surface area contributed by atoms with Crippen molar-refractivity contribution in [3.63, 3.8) is 0 Å². The van der Waals surface area contributed by atoms with Crippen LogP contribution in [-0.2, 0) is 0 Å². The molecule has 2 heteroatoms. The molecule has 1 unspecified atom stereocenters. The van der Waals surface area contributed by atoms with Crippen LogP contribution in [0.15, 0.2) is 24.3 Å². The fraction of sp³-hybridized carbons (Fsp3) is 0.684. The van der Waals surface area contributed by atoms with Crippen LogP contribution in [0.5, 0.6) is 0 Å². The van der Waals surface area contributed by atoms with E-state index >= 15 is 0 Å². The third-order valence-electron chi connectivity index (χ3n) is 5.31. The zero-order valence-corrected chi connectivity index (χ0v) is 14.4. The summed E-state index contributed by atoms with van der Waals surface area (Å²) in [5, 5.41) is 3.50. The number of aryl methyl sites for hydroxylation is 1. The number of likely N-dealkylation sites (N-methyl/N-ethyl adjacent to an activating group) is 2. The zero-order valence-electron chi connectivity index (χ0n) is 14.4. The third-order valence-corrected chi connectivity index (χ3v) is 5.31. The van der Waals surface area contributed by atoms with Crippen molar-refractivity contribution in [3.05, 3.63) is 35.4 Å². The van der Waals surface area contributed by atoms with E-state index in [0.29, 0.717) is 11.5 Å². The smallest absolute Gasteiger partial charge is 0.0449 e. The highest BCUT2D eigenvalue weighted by Crippen LogP contribution is 2.37. The molecule has 0 aliphatic heterocycles. The van der Waals surface area contributed by atoms with Gasteiger partial charge < -0.3 is 10.2 Å². The summed E-state index contributed by atoms with van der Waals surface area (Å²) >= 11 is 0. The predicted octanol–water partition coefficient (Wildman–Crippen LogP) is 4.16. The van der Waals surface area contributed by atoms with Gasteiger partial charge in [-0.25, -0.2) is 0 Å². The van der Waals surface area contributed by atoms with Gasteiger partial charge in [0.05, 0.1) is 0 Å². The summed E-state index contributed by atoms with van der Waals surface area (Å²) in [5.41, 5.74) is 3.37. The normalized spacial score (nSPS) is 20.7. The lowest BCUT2D eigenvalue weighted by atomic mass is 9.75. The van der Waals surface area contributed by atoms with Gasteiger partial charge in [0.1, 0.15) is 0 Å². The predicted molar refractivity (Wildman–Crippen MR) is 91.6 cm³/mol. The Hall–Kier alpha value is -0.860. The van der Waals surface area contributed by atoms with Crippen LogP contribution in [0, 0.1) is 12.3 Å². The van der Waals surface area contributed by atoms with Gasteiger partial charge in [0, 0.05) is 18.6 Å². The molecule has 1 aliphatic carbocycles. The van der Waals surface area contributed by atoms with E-state index in [-0.39, 0.29) is 0 Å². The van der Waals surface area contributed by atoms with Gasteiger partial charge in [-0.1, -0.05) is 38.1 Å². The molecular formula is C19H32N2. The molecule has 21 heavy (non-hydrogen) atoms. The molecular weight excluding hydrogens is 256 g/mol. The van der Waals surface area contributed by atoms with Crippen molar-refractivity contribution in [3.8, 4) is 0 Å². The fourth-order valence-electron chi connectivity index (χ4n) is 3.58. The average molecular weight is 288 g/mol. The quantitative estimate of drug-likeness (QED) is 0.875. The first kappa shape index (κ1) is 16.5. The van der Waals surface area contributed by atoms with E-state index < -0.39 is 0 Å². The molecule has 0 spiro atoms. The third kappa shape index (κ3) is 4.31. The van der Waals surface area contributed by atoms with Crippen LogP contribution in [-0.4, -0.2) is 31.6 Å². The second kappa shape index (κ2) is 6.93. The van der Waals surface area contributed by atoms with Crippen LogP contribution < -0.4 is 5.32 Å². The molecule has 1 atom stereocenters. The average Bonchev–Trinajstić information content (AvgIpc) is 2.45. The van der Waals surface area contributed by atoms with Crippen LogP contribution >= 0.6 is 0 Å². The lowest BCUT2D eigenvalue weighted by molar-refractivity contribution is 0.120. The van der Waals surface area contributed by atoms with Gasteiger partial charge in [-0.3, -0.25) is 0 Å². The Balaban J connectivity index is 1.97. The number of nitrogens with one attached hydrogen (secondary N) is 1. The van der Waals surface area contributed by atoms with Crippen molar-refractivity contribution in [1.29, 1.82) is 0 Å². The van der Waals surface area contributed by atoms with Gasteiger partial charge in [0.25, 0.3) is 0 Å². The molecule has 1 fully saturated rings. The lowest BCUT2D eigenvalue weighted by Gasteiger charge is -2.39. The number of hydrogen-bond donors (Lipinski definition) is 1. The van der Waals surface area contributed by atoms with Crippen molar-refractivity contribution in [2.45, 2.75) is 58.5 Å². The molecule has 1 aromatic rings. The molecule has 0 heterocycles. The molecule has 1 aliphatic rings. The van der Waals surface area contributed by atoms with Crippen LogP contribution in [0.2, 0.25) is 0 Å². The largest absolute Gasteiger partial charge is 0.312 e. The molecule has 2 nitrogen and oxygen atoms in total. The highest BCUT2D eigenvalue weighted by molar-refractivity contribution is 5.29. The van der Waals surface area contributed by atoms with E-state index in [2.05, 4.69) is 69.3 Å². The lowest BCUT2D eigenvalue weighted by Crippen LogP contribution is -2.41. The summed E-state index contributed by atoms with van der Waals surface area (Å²) < 4.78 is 0.